The molecule has 96 valence electrons. The molecule has 0 saturated carbocycles. The zero-order valence-electron chi connectivity index (χ0n) is 10.8. The van der Waals surface area contributed by atoms with Gasteiger partial charge in [0.05, 0.1) is 16.9 Å². The topological polar surface area (TPSA) is 17.8 Å². The van der Waals surface area contributed by atoms with E-state index in [0.29, 0.717) is 5.88 Å². The molecule has 0 amide bonds. The zero-order valence-corrected chi connectivity index (χ0v) is 11.6. The van der Waals surface area contributed by atoms with Gasteiger partial charge in [0.1, 0.15) is 5.82 Å². The van der Waals surface area contributed by atoms with Crippen LogP contribution in [-0.2, 0) is 12.4 Å². The Balaban J connectivity index is 2.11. The largest absolute Gasteiger partial charge is 0.322 e. The van der Waals surface area contributed by atoms with Crippen LogP contribution in [0.3, 0.4) is 0 Å². The van der Waals surface area contributed by atoms with Crippen LogP contribution in [0.5, 0.6) is 0 Å². The first-order chi connectivity index (χ1) is 9.28. The molecule has 2 aromatic carbocycles. The monoisotopic (exact) mass is 270 g/mol. The Kier molecular flexibility index (Phi) is 3.26. The van der Waals surface area contributed by atoms with Gasteiger partial charge in [-0.2, -0.15) is 0 Å². The van der Waals surface area contributed by atoms with E-state index in [0.717, 1.165) is 23.4 Å². The Morgan fingerprint density at radius 1 is 1.11 bits per heavy atom. The van der Waals surface area contributed by atoms with Gasteiger partial charge in [0, 0.05) is 6.54 Å². The lowest BCUT2D eigenvalue weighted by atomic mass is 10.2. The Hall–Kier alpha value is -1.80. The second kappa shape index (κ2) is 5.06. The number of nitrogens with zero attached hydrogens (tertiary/aromatic N) is 2. The van der Waals surface area contributed by atoms with Gasteiger partial charge in [0.15, 0.2) is 0 Å². The number of halogens is 1. The summed E-state index contributed by atoms with van der Waals surface area (Å²) >= 11 is 6.03. The third kappa shape index (κ3) is 2.36. The van der Waals surface area contributed by atoms with Crippen LogP contribution in [0.1, 0.15) is 17.0 Å². The minimum atomic E-state index is 0.431. The van der Waals surface area contributed by atoms with Gasteiger partial charge in [-0.25, -0.2) is 4.98 Å². The Morgan fingerprint density at radius 3 is 2.63 bits per heavy atom. The van der Waals surface area contributed by atoms with E-state index in [9.17, 15) is 0 Å². The van der Waals surface area contributed by atoms with Crippen molar-refractivity contribution >= 4 is 22.6 Å². The van der Waals surface area contributed by atoms with E-state index >= 15 is 0 Å². The fraction of sp³-hybridized carbons (Fsp3) is 0.188. The first kappa shape index (κ1) is 12.2. The molecule has 19 heavy (non-hydrogen) atoms. The summed E-state index contributed by atoms with van der Waals surface area (Å²) < 4.78 is 2.19. The Bertz CT molecular complexity index is 701. The summed E-state index contributed by atoms with van der Waals surface area (Å²) in [6.07, 6.45) is 0. The van der Waals surface area contributed by atoms with Gasteiger partial charge in [-0.05, 0) is 30.2 Å². The Labute approximate surface area is 117 Å². The number of rotatable bonds is 3. The van der Waals surface area contributed by atoms with Crippen LogP contribution in [0.4, 0.5) is 0 Å². The van der Waals surface area contributed by atoms with Crippen molar-refractivity contribution in [3.8, 4) is 0 Å². The van der Waals surface area contributed by atoms with Gasteiger partial charge in [-0.15, -0.1) is 11.6 Å². The molecule has 0 radical (unpaired) electrons. The number of alkyl halides is 1. The van der Waals surface area contributed by atoms with Crippen molar-refractivity contribution in [3.05, 3.63) is 65.5 Å². The summed E-state index contributed by atoms with van der Waals surface area (Å²) in [5, 5.41) is 0. The molecule has 3 heteroatoms. The Morgan fingerprint density at radius 2 is 1.89 bits per heavy atom. The van der Waals surface area contributed by atoms with E-state index in [2.05, 4.69) is 58.9 Å². The smallest absolute Gasteiger partial charge is 0.125 e. The SMILES string of the molecule is Cc1ccc2c(c1)nc(CCl)n2Cc1ccccc1. The lowest BCUT2D eigenvalue weighted by Crippen LogP contribution is -2.03. The summed E-state index contributed by atoms with van der Waals surface area (Å²) in [4.78, 5) is 4.62. The van der Waals surface area contributed by atoms with E-state index in [-0.39, 0.29) is 0 Å². The summed E-state index contributed by atoms with van der Waals surface area (Å²) in [5.74, 6) is 1.35. The third-order valence-corrected chi connectivity index (χ3v) is 3.52. The molecule has 3 rings (SSSR count). The highest BCUT2D eigenvalue weighted by Crippen LogP contribution is 2.20. The molecular weight excluding hydrogens is 256 g/mol. The molecular formula is C16H15ClN2. The van der Waals surface area contributed by atoms with Crippen LogP contribution >= 0.6 is 11.6 Å². The highest BCUT2D eigenvalue weighted by Gasteiger charge is 2.10. The number of imidazole rings is 1. The summed E-state index contributed by atoms with van der Waals surface area (Å²) in [7, 11) is 0. The van der Waals surface area contributed by atoms with E-state index < -0.39 is 0 Å². The molecule has 0 fully saturated rings. The molecule has 0 N–H and O–H groups in total. The molecule has 0 aliphatic carbocycles. The minimum absolute atomic E-state index is 0.431. The summed E-state index contributed by atoms with van der Waals surface area (Å²) in [6.45, 7) is 2.89. The van der Waals surface area contributed by atoms with Crippen molar-refractivity contribution in [2.45, 2.75) is 19.3 Å². The molecule has 0 saturated heterocycles. The van der Waals surface area contributed by atoms with Crippen molar-refractivity contribution in [3.63, 3.8) is 0 Å². The molecule has 0 unspecified atom stereocenters. The molecule has 3 aromatic rings. The van der Waals surface area contributed by atoms with E-state index in [1.807, 2.05) is 6.07 Å². The molecule has 0 atom stereocenters. The zero-order chi connectivity index (χ0) is 13.2. The molecule has 0 spiro atoms. The van der Waals surface area contributed by atoms with Crippen LogP contribution in [-0.4, -0.2) is 9.55 Å². The summed E-state index contributed by atoms with van der Waals surface area (Å²) in [6, 6.07) is 16.7. The average molecular weight is 271 g/mol. The van der Waals surface area contributed by atoms with Crippen molar-refractivity contribution in [2.24, 2.45) is 0 Å². The van der Waals surface area contributed by atoms with Crippen LogP contribution in [0.2, 0.25) is 0 Å². The van der Waals surface area contributed by atoms with E-state index in [1.54, 1.807) is 0 Å². The van der Waals surface area contributed by atoms with Gasteiger partial charge in [0.25, 0.3) is 0 Å². The van der Waals surface area contributed by atoms with Crippen LogP contribution < -0.4 is 0 Å². The van der Waals surface area contributed by atoms with E-state index in [1.165, 1.54) is 11.1 Å². The molecule has 0 aliphatic rings. The quantitative estimate of drug-likeness (QED) is 0.654. The second-order valence-electron chi connectivity index (χ2n) is 4.73. The second-order valence-corrected chi connectivity index (χ2v) is 4.99. The van der Waals surface area contributed by atoms with Crippen LogP contribution in [0.25, 0.3) is 11.0 Å². The number of hydrogen-bond acceptors (Lipinski definition) is 1. The molecule has 0 bridgehead atoms. The van der Waals surface area contributed by atoms with Crippen molar-refractivity contribution in [1.29, 1.82) is 0 Å². The van der Waals surface area contributed by atoms with Crippen molar-refractivity contribution < 1.29 is 0 Å². The van der Waals surface area contributed by atoms with Crippen LogP contribution in [0, 0.1) is 6.92 Å². The maximum atomic E-state index is 6.03. The summed E-state index contributed by atoms with van der Waals surface area (Å²) in [5.41, 5.74) is 4.64. The van der Waals surface area contributed by atoms with Gasteiger partial charge in [-0.3, -0.25) is 0 Å². The van der Waals surface area contributed by atoms with Crippen molar-refractivity contribution in [2.75, 3.05) is 0 Å². The highest BCUT2D eigenvalue weighted by molar-refractivity contribution is 6.16. The van der Waals surface area contributed by atoms with Crippen LogP contribution in [0.15, 0.2) is 48.5 Å². The fourth-order valence-corrected chi connectivity index (χ4v) is 2.54. The lowest BCUT2D eigenvalue weighted by Gasteiger charge is -2.07. The normalized spacial score (nSPS) is 11.1. The molecule has 2 nitrogen and oxygen atoms in total. The maximum Gasteiger partial charge on any atom is 0.125 e. The van der Waals surface area contributed by atoms with E-state index in [4.69, 9.17) is 11.6 Å². The fourth-order valence-electron chi connectivity index (χ4n) is 2.33. The minimum Gasteiger partial charge on any atom is -0.322 e. The van der Waals surface area contributed by atoms with Gasteiger partial charge in [0.2, 0.25) is 0 Å². The first-order valence-electron chi connectivity index (χ1n) is 6.33. The van der Waals surface area contributed by atoms with Crippen molar-refractivity contribution in [1.82, 2.24) is 9.55 Å². The average Bonchev–Trinajstić information content (AvgIpc) is 2.77. The molecule has 1 heterocycles. The van der Waals surface area contributed by atoms with Gasteiger partial charge >= 0.3 is 0 Å². The predicted molar refractivity (Wildman–Crippen MR) is 79.6 cm³/mol. The predicted octanol–water partition coefficient (Wildman–Crippen LogP) is 4.13. The van der Waals surface area contributed by atoms with Gasteiger partial charge in [-0.1, -0.05) is 36.4 Å². The number of aromatic nitrogens is 2. The standard InChI is InChI=1S/C16H15ClN2/c1-12-7-8-15-14(9-12)18-16(10-17)19(15)11-13-5-3-2-4-6-13/h2-9H,10-11H2,1H3. The van der Waals surface area contributed by atoms with Gasteiger partial charge < -0.3 is 4.57 Å². The maximum absolute atomic E-state index is 6.03. The third-order valence-electron chi connectivity index (χ3n) is 3.29. The number of hydrogen-bond donors (Lipinski definition) is 0. The number of benzene rings is 2. The molecule has 1 aromatic heterocycles. The lowest BCUT2D eigenvalue weighted by molar-refractivity contribution is 0.779. The highest BCUT2D eigenvalue weighted by atomic mass is 35.5. The number of fused-ring (bicyclic) bond motifs is 1. The first-order valence-corrected chi connectivity index (χ1v) is 6.87. The number of aryl methyl sites for hydroxylation is 1. The molecule has 0 aliphatic heterocycles.